The van der Waals surface area contributed by atoms with Crippen LogP contribution in [0.15, 0.2) is 54.6 Å². The van der Waals surface area contributed by atoms with Gasteiger partial charge in [0.2, 0.25) is 0 Å². The van der Waals surface area contributed by atoms with Gasteiger partial charge in [0.25, 0.3) is 0 Å². The van der Waals surface area contributed by atoms with Crippen molar-refractivity contribution < 1.29 is 0 Å². The summed E-state index contributed by atoms with van der Waals surface area (Å²) in [6, 6.07) is 17.7. The topological polar surface area (TPSA) is 4.93 Å². The first-order valence-electron chi connectivity index (χ1n) is 8.45. The first-order chi connectivity index (χ1) is 11.1. The van der Waals surface area contributed by atoms with E-state index >= 15 is 0 Å². The van der Waals surface area contributed by atoms with Crippen LogP contribution >= 0.6 is 0 Å². The Morgan fingerprint density at radius 1 is 0.957 bits per heavy atom. The zero-order valence-corrected chi connectivity index (χ0v) is 14.1. The molecule has 4 rings (SSSR count). The molecule has 1 heteroatoms. The van der Waals surface area contributed by atoms with Gasteiger partial charge >= 0.3 is 0 Å². The van der Waals surface area contributed by atoms with E-state index in [1.54, 1.807) is 0 Å². The lowest BCUT2D eigenvalue weighted by Gasteiger charge is -2.19. The van der Waals surface area contributed by atoms with Crippen molar-refractivity contribution >= 4 is 17.0 Å². The molecule has 0 saturated carbocycles. The Morgan fingerprint density at radius 2 is 1.74 bits per heavy atom. The van der Waals surface area contributed by atoms with Crippen molar-refractivity contribution in [1.82, 2.24) is 4.57 Å². The molecule has 1 heterocycles. The molecule has 0 aliphatic heterocycles. The van der Waals surface area contributed by atoms with Crippen LogP contribution in [0.3, 0.4) is 0 Å². The van der Waals surface area contributed by atoms with Gasteiger partial charge in [-0.05, 0) is 59.7 Å². The maximum absolute atomic E-state index is 2.41. The van der Waals surface area contributed by atoms with Crippen LogP contribution in [0.5, 0.6) is 0 Å². The molecule has 23 heavy (non-hydrogen) atoms. The normalized spacial score (nSPS) is 14.2. The highest BCUT2D eigenvalue weighted by atomic mass is 15.0. The zero-order chi connectivity index (χ0) is 16.0. The largest absolute Gasteiger partial charge is 0.310 e. The van der Waals surface area contributed by atoms with Gasteiger partial charge in [-0.2, -0.15) is 0 Å². The molecule has 3 aromatic rings. The highest BCUT2D eigenvalue weighted by molar-refractivity contribution is 5.91. The minimum absolute atomic E-state index is 0.181. The zero-order valence-electron chi connectivity index (χ0n) is 14.1. The van der Waals surface area contributed by atoms with Crippen LogP contribution in [0.1, 0.15) is 44.0 Å². The minimum Gasteiger partial charge on any atom is -0.310 e. The van der Waals surface area contributed by atoms with Gasteiger partial charge in [0.05, 0.1) is 5.52 Å². The summed E-state index contributed by atoms with van der Waals surface area (Å²) in [5, 5.41) is 1.42. The van der Waals surface area contributed by atoms with E-state index < -0.39 is 0 Å². The van der Waals surface area contributed by atoms with Crippen LogP contribution in [0.2, 0.25) is 0 Å². The molecule has 0 fully saturated rings. The molecule has 0 unspecified atom stereocenters. The lowest BCUT2D eigenvalue weighted by atomic mass is 9.86. The Hall–Kier alpha value is -2.28. The number of allylic oxidation sites excluding steroid dienone is 1. The molecule has 0 amide bonds. The Kier molecular flexibility index (Phi) is 3.19. The van der Waals surface area contributed by atoms with Crippen molar-refractivity contribution in [2.45, 2.75) is 39.0 Å². The van der Waals surface area contributed by atoms with Crippen LogP contribution in [0.25, 0.3) is 22.7 Å². The molecule has 2 aromatic carbocycles. The first kappa shape index (κ1) is 14.3. The molecule has 0 radical (unpaired) electrons. The van der Waals surface area contributed by atoms with E-state index in [0.29, 0.717) is 0 Å². The number of rotatable bonds is 1. The van der Waals surface area contributed by atoms with Gasteiger partial charge in [0.15, 0.2) is 0 Å². The molecule has 0 bridgehead atoms. The lowest BCUT2D eigenvalue weighted by Crippen LogP contribution is -2.10. The molecule has 1 aliphatic rings. The number of benzene rings is 2. The second-order valence-electron chi connectivity index (χ2n) is 7.46. The van der Waals surface area contributed by atoms with Crippen LogP contribution in [-0.2, 0) is 11.8 Å². The average molecular weight is 301 g/mol. The highest BCUT2D eigenvalue weighted by Gasteiger charge is 2.21. The maximum atomic E-state index is 2.41. The third-order valence-corrected chi connectivity index (χ3v) is 4.83. The smallest absolute Gasteiger partial charge is 0.0537 e. The molecule has 1 aliphatic carbocycles. The van der Waals surface area contributed by atoms with Gasteiger partial charge in [-0.25, -0.2) is 0 Å². The predicted molar refractivity (Wildman–Crippen MR) is 99.3 cm³/mol. The summed E-state index contributed by atoms with van der Waals surface area (Å²) in [4.78, 5) is 0. The third kappa shape index (κ3) is 2.31. The van der Waals surface area contributed by atoms with E-state index in [-0.39, 0.29) is 5.41 Å². The van der Waals surface area contributed by atoms with E-state index in [4.69, 9.17) is 0 Å². The Balaban J connectivity index is 2.06. The summed E-state index contributed by atoms with van der Waals surface area (Å²) < 4.78 is 2.41. The summed E-state index contributed by atoms with van der Waals surface area (Å²) in [6.45, 7) is 6.86. The summed E-state index contributed by atoms with van der Waals surface area (Å²) in [7, 11) is 0. The van der Waals surface area contributed by atoms with E-state index in [1.165, 1.54) is 33.4 Å². The monoisotopic (exact) mass is 301 g/mol. The molecule has 116 valence electrons. The van der Waals surface area contributed by atoms with Crippen LogP contribution in [-0.4, -0.2) is 4.57 Å². The number of hydrogen-bond acceptors (Lipinski definition) is 0. The van der Waals surface area contributed by atoms with Crippen LogP contribution < -0.4 is 0 Å². The number of aromatic nitrogens is 1. The van der Waals surface area contributed by atoms with Gasteiger partial charge in [-0.15, -0.1) is 0 Å². The van der Waals surface area contributed by atoms with Crippen molar-refractivity contribution in [1.29, 1.82) is 0 Å². The van der Waals surface area contributed by atoms with Gasteiger partial charge in [-0.3, -0.25) is 0 Å². The number of nitrogens with zero attached hydrogens (tertiary/aromatic N) is 1. The van der Waals surface area contributed by atoms with Crippen LogP contribution in [0, 0.1) is 0 Å². The average Bonchev–Trinajstić information content (AvgIpc) is 2.88. The molecule has 1 nitrogen and oxygen atoms in total. The second-order valence-corrected chi connectivity index (χ2v) is 7.46. The Labute approximate surface area is 138 Å². The summed E-state index contributed by atoms with van der Waals surface area (Å²) >= 11 is 0. The number of fused-ring (bicyclic) bond motifs is 3. The van der Waals surface area contributed by atoms with Gasteiger partial charge < -0.3 is 4.57 Å². The summed E-state index contributed by atoms with van der Waals surface area (Å²) in [6.07, 6.45) is 6.87. The second kappa shape index (κ2) is 5.13. The standard InChI is InChI=1S/C22H23N/c1-22(2,3)16-13-14-21-19(15-16)18-11-7-8-12-20(18)23(21)17-9-5-4-6-10-17/h4-6,8-10,12-15H,7,11H2,1-3H3. The van der Waals surface area contributed by atoms with Crippen molar-refractivity contribution in [3.63, 3.8) is 0 Å². The van der Waals surface area contributed by atoms with Gasteiger partial charge in [-0.1, -0.05) is 51.1 Å². The predicted octanol–water partition coefficient (Wildman–Crippen LogP) is 5.89. The van der Waals surface area contributed by atoms with Crippen molar-refractivity contribution in [3.05, 3.63) is 71.4 Å². The highest BCUT2D eigenvalue weighted by Crippen LogP contribution is 2.36. The molecule has 0 spiro atoms. The number of hydrogen-bond donors (Lipinski definition) is 0. The summed E-state index contributed by atoms with van der Waals surface area (Å²) in [5.41, 5.74) is 7.00. The van der Waals surface area contributed by atoms with E-state index in [2.05, 4.69) is 86.0 Å². The van der Waals surface area contributed by atoms with Gasteiger partial charge in [0, 0.05) is 16.8 Å². The van der Waals surface area contributed by atoms with Gasteiger partial charge in [0.1, 0.15) is 0 Å². The Morgan fingerprint density at radius 3 is 2.48 bits per heavy atom. The fourth-order valence-electron chi connectivity index (χ4n) is 3.56. The van der Waals surface area contributed by atoms with Crippen molar-refractivity contribution in [3.8, 4) is 5.69 Å². The molecule has 0 N–H and O–H groups in total. The minimum atomic E-state index is 0.181. The maximum Gasteiger partial charge on any atom is 0.0537 e. The fraction of sp³-hybridized carbons (Fsp3) is 0.273. The van der Waals surface area contributed by atoms with Crippen LogP contribution in [0.4, 0.5) is 0 Å². The SMILES string of the molecule is CC(C)(C)c1ccc2c(c1)c1c(n2-c2ccccc2)C=CCC1. The number of aryl methyl sites for hydroxylation is 1. The first-order valence-corrected chi connectivity index (χ1v) is 8.45. The van der Waals surface area contributed by atoms with Crippen molar-refractivity contribution in [2.75, 3.05) is 0 Å². The number of para-hydroxylation sites is 1. The van der Waals surface area contributed by atoms with E-state index in [1.807, 2.05) is 0 Å². The molecule has 0 atom stereocenters. The summed E-state index contributed by atoms with van der Waals surface area (Å²) in [5.74, 6) is 0. The Bertz CT molecular complexity index is 889. The van der Waals surface area contributed by atoms with Crippen molar-refractivity contribution in [2.24, 2.45) is 0 Å². The molecule has 0 saturated heterocycles. The van der Waals surface area contributed by atoms with E-state index in [0.717, 1.165) is 12.8 Å². The molecular formula is C22H23N. The quantitative estimate of drug-likeness (QED) is 0.528. The van der Waals surface area contributed by atoms with E-state index in [9.17, 15) is 0 Å². The fourth-order valence-corrected chi connectivity index (χ4v) is 3.56. The molecular weight excluding hydrogens is 278 g/mol. The third-order valence-electron chi connectivity index (χ3n) is 4.83. The molecule has 1 aromatic heterocycles. The lowest BCUT2D eigenvalue weighted by molar-refractivity contribution is 0.591.